The average molecular weight is 170 g/mol. The molecule has 6 heteroatoms. The maximum atomic E-state index is 10.7. The lowest BCUT2D eigenvalue weighted by molar-refractivity contribution is -0.141. The normalized spacial score (nSPS) is 12.8. The molecule has 1 atom stereocenters. The fraction of sp³-hybridized carbons (Fsp3) is 0.667. The Morgan fingerprint density at radius 3 is 2.92 bits per heavy atom. The van der Waals surface area contributed by atoms with Crippen LogP contribution in [0.2, 0.25) is 0 Å². The van der Waals surface area contributed by atoms with E-state index >= 15 is 0 Å². The number of carboxylic acids is 1. The lowest BCUT2D eigenvalue weighted by Gasteiger charge is -2.08. The van der Waals surface area contributed by atoms with Gasteiger partial charge in [0, 0.05) is 0 Å². The number of hydrogen-bond acceptors (Lipinski definition) is 4. The van der Waals surface area contributed by atoms with E-state index < -0.39 is 12.0 Å². The summed E-state index contributed by atoms with van der Waals surface area (Å²) in [6.45, 7) is 1.92. The lowest BCUT2D eigenvalue weighted by Crippen LogP contribution is -2.19. The predicted octanol–water partition coefficient (Wildman–Crippen LogP) is 0.0989. The summed E-state index contributed by atoms with van der Waals surface area (Å²) in [4.78, 5) is 10.7. The van der Waals surface area contributed by atoms with Gasteiger partial charge in [-0.25, -0.2) is 9.48 Å². The van der Waals surface area contributed by atoms with Crippen molar-refractivity contribution in [3.05, 3.63) is 6.33 Å². The Morgan fingerprint density at radius 1 is 1.75 bits per heavy atom. The third kappa shape index (κ3) is 1.77. The quantitative estimate of drug-likeness (QED) is 0.693. The molecule has 1 N–H and O–H groups in total. The van der Waals surface area contributed by atoms with Gasteiger partial charge in [-0.1, -0.05) is 13.3 Å². The first kappa shape index (κ1) is 8.63. The minimum absolute atomic E-state index is 0.542. The first-order valence-corrected chi connectivity index (χ1v) is 3.71. The molecule has 0 aliphatic rings. The predicted molar refractivity (Wildman–Crippen MR) is 39.4 cm³/mol. The monoisotopic (exact) mass is 170 g/mol. The molecule has 0 saturated heterocycles. The molecule has 66 valence electrons. The summed E-state index contributed by atoms with van der Waals surface area (Å²) in [5.41, 5.74) is 0. The molecular weight excluding hydrogens is 160 g/mol. The highest BCUT2D eigenvalue weighted by molar-refractivity contribution is 5.71. The molecule has 12 heavy (non-hydrogen) atoms. The van der Waals surface area contributed by atoms with Crippen molar-refractivity contribution in [3.63, 3.8) is 0 Å². The first-order chi connectivity index (χ1) is 5.75. The molecule has 1 rings (SSSR count). The highest BCUT2D eigenvalue weighted by Crippen LogP contribution is 2.10. The molecule has 0 saturated carbocycles. The average Bonchev–Trinajstić information content (AvgIpc) is 2.51. The molecule has 0 fully saturated rings. The van der Waals surface area contributed by atoms with Gasteiger partial charge in [-0.15, -0.1) is 5.10 Å². The minimum Gasteiger partial charge on any atom is -0.480 e. The first-order valence-electron chi connectivity index (χ1n) is 3.71. The highest BCUT2D eigenvalue weighted by Gasteiger charge is 2.18. The zero-order valence-corrected chi connectivity index (χ0v) is 6.71. The van der Waals surface area contributed by atoms with Crippen molar-refractivity contribution in [1.82, 2.24) is 20.2 Å². The number of aromatic nitrogens is 4. The highest BCUT2D eigenvalue weighted by atomic mass is 16.4. The summed E-state index contributed by atoms with van der Waals surface area (Å²) >= 11 is 0. The second-order valence-electron chi connectivity index (χ2n) is 2.43. The van der Waals surface area contributed by atoms with Crippen LogP contribution in [0, 0.1) is 0 Å². The van der Waals surface area contributed by atoms with Gasteiger partial charge in [-0.3, -0.25) is 0 Å². The van der Waals surface area contributed by atoms with Crippen molar-refractivity contribution in [2.24, 2.45) is 0 Å². The van der Waals surface area contributed by atoms with E-state index in [0.29, 0.717) is 6.42 Å². The van der Waals surface area contributed by atoms with Crippen LogP contribution >= 0.6 is 0 Å². The molecule has 0 radical (unpaired) electrons. The number of tetrazole rings is 1. The summed E-state index contributed by atoms with van der Waals surface area (Å²) in [5.74, 6) is -0.899. The van der Waals surface area contributed by atoms with E-state index in [1.807, 2.05) is 6.92 Å². The number of carbonyl (C=O) groups is 1. The van der Waals surface area contributed by atoms with Crippen LogP contribution in [0.3, 0.4) is 0 Å². The third-order valence-electron chi connectivity index (χ3n) is 1.53. The standard InChI is InChI=1S/C6H10N4O2/c1-2-3-5(6(11)12)10-4-7-8-9-10/h4-5H,2-3H2,1H3,(H,11,12)/t5-/m1/s1. The topological polar surface area (TPSA) is 80.9 Å². The Bertz CT molecular complexity index is 246. The summed E-state index contributed by atoms with van der Waals surface area (Å²) < 4.78 is 1.26. The molecule has 1 aromatic rings. The van der Waals surface area contributed by atoms with Crippen molar-refractivity contribution in [2.75, 3.05) is 0 Å². The van der Waals surface area contributed by atoms with Crippen LogP contribution in [0.1, 0.15) is 25.8 Å². The molecule has 0 spiro atoms. The van der Waals surface area contributed by atoms with E-state index in [2.05, 4.69) is 15.5 Å². The zero-order chi connectivity index (χ0) is 8.97. The van der Waals surface area contributed by atoms with Crippen molar-refractivity contribution >= 4 is 5.97 Å². The van der Waals surface area contributed by atoms with Gasteiger partial charge in [0.1, 0.15) is 6.33 Å². The third-order valence-corrected chi connectivity index (χ3v) is 1.53. The molecule has 1 heterocycles. The van der Waals surface area contributed by atoms with Gasteiger partial charge in [0.25, 0.3) is 0 Å². The Morgan fingerprint density at radius 2 is 2.50 bits per heavy atom. The van der Waals surface area contributed by atoms with Crippen LogP contribution in [0.25, 0.3) is 0 Å². The van der Waals surface area contributed by atoms with E-state index in [1.54, 1.807) is 0 Å². The molecule has 1 aromatic heterocycles. The zero-order valence-electron chi connectivity index (χ0n) is 6.71. The second kappa shape index (κ2) is 3.80. The van der Waals surface area contributed by atoms with Crippen LogP contribution in [-0.4, -0.2) is 31.3 Å². The smallest absolute Gasteiger partial charge is 0.328 e. The molecule has 0 aliphatic heterocycles. The molecule has 0 bridgehead atoms. The van der Waals surface area contributed by atoms with Crippen LogP contribution in [0.15, 0.2) is 6.33 Å². The van der Waals surface area contributed by atoms with Crippen molar-refractivity contribution in [1.29, 1.82) is 0 Å². The number of carboxylic acid groups (broad SMARTS) is 1. The van der Waals surface area contributed by atoms with E-state index in [0.717, 1.165) is 6.42 Å². The maximum absolute atomic E-state index is 10.7. The fourth-order valence-electron chi connectivity index (χ4n) is 0.954. The van der Waals surface area contributed by atoms with Gasteiger partial charge in [0.15, 0.2) is 6.04 Å². The summed E-state index contributed by atoms with van der Waals surface area (Å²) in [6.07, 6.45) is 2.64. The summed E-state index contributed by atoms with van der Waals surface area (Å²) in [5, 5.41) is 19.0. The summed E-state index contributed by atoms with van der Waals surface area (Å²) in [7, 11) is 0. The fourth-order valence-corrected chi connectivity index (χ4v) is 0.954. The Hall–Kier alpha value is -1.46. The van der Waals surface area contributed by atoms with E-state index in [4.69, 9.17) is 5.11 Å². The minimum atomic E-state index is -0.899. The van der Waals surface area contributed by atoms with Gasteiger partial charge in [-0.05, 0) is 16.8 Å². The number of hydrogen-bond donors (Lipinski definition) is 1. The maximum Gasteiger partial charge on any atom is 0.328 e. The number of aliphatic carboxylic acids is 1. The van der Waals surface area contributed by atoms with Crippen LogP contribution in [0.4, 0.5) is 0 Å². The van der Waals surface area contributed by atoms with Crippen molar-refractivity contribution in [2.45, 2.75) is 25.8 Å². The second-order valence-corrected chi connectivity index (χ2v) is 2.43. The van der Waals surface area contributed by atoms with E-state index in [-0.39, 0.29) is 0 Å². The molecule has 0 unspecified atom stereocenters. The van der Waals surface area contributed by atoms with Gasteiger partial charge in [0.05, 0.1) is 0 Å². The molecule has 0 aliphatic carbocycles. The van der Waals surface area contributed by atoms with Crippen LogP contribution in [0.5, 0.6) is 0 Å². The van der Waals surface area contributed by atoms with Gasteiger partial charge >= 0.3 is 5.97 Å². The van der Waals surface area contributed by atoms with Gasteiger partial charge < -0.3 is 5.11 Å². The SMILES string of the molecule is CCC[C@H](C(=O)O)n1cnnn1. The summed E-state index contributed by atoms with van der Waals surface area (Å²) in [6, 6.07) is -0.634. The number of nitrogens with zero attached hydrogens (tertiary/aromatic N) is 4. The number of rotatable bonds is 4. The molecule has 6 nitrogen and oxygen atoms in total. The van der Waals surface area contributed by atoms with Crippen LogP contribution in [-0.2, 0) is 4.79 Å². The van der Waals surface area contributed by atoms with Crippen LogP contribution < -0.4 is 0 Å². The Kier molecular flexibility index (Phi) is 2.73. The van der Waals surface area contributed by atoms with Gasteiger partial charge in [-0.2, -0.15) is 0 Å². The van der Waals surface area contributed by atoms with Crippen molar-refractivity contribution < 1.29 is 9.90 Å². The van der Waals surface area contributed by atoms with Gasteiger partial charge in [0.2, 0.25) is 0 Å². The van der Waals surface area contributed by atoms with Crippen molar-refractivity contribution in [3.8, 4) is 0 Å². The molecule has 0 aromatic carbocycles. The molecular formula is C6H10N4O2. The lowest BCUT2D eigenvalue weighted by atomic mass is 10.2. The Labute approximate surface area is 69.2 Å². The van der Waals surface area contributed by atoms with E-state index in [1.165, 1.54) is 11.0 Å². The van der Waals surface area contributed by atoms with E-state index in [9.17, 15) is 4.79 Å². The largest absolute Gasteiger partial charge is 0.480 e. The Balaban J connectivity index is 2.73. The molecule has 0 amide bonds.